The van der Waals surface area contributed by atoms with Crippen molar-refractivity contribution in [2.75, 3.05) is 0 Å². The van der Waals surface area contributed by atoms with E-state index in [9.17, 15) is 9.18 Å². The number of aryl methyl sites for hydroxylation is 1. The van der Waals surface area contributed by atoms with E-state index in [1.807, 2.05) is 13.8 Å². The Labute approximate surface area is 142 Å². The molecule has 1 aliphatic carbocycles. The number of halogens is 1. The molecular weight excluding hydrogens is 305 g/mol. The molecule has 1 aromatic carbocycles. The highest BCUT2D eigenvalue weighted by Crippen LogP contribution is 2.21. The molecule has 128 valence electrons. The van der Waals surface area contributed by atoms with Crippen LogP contribution in [-0.4, -0.2) is 16.6 Å². The highest BCUT2D eigenvalue weighted by Gasteiger charge is 2.17. The Hall–Kier alpha value is -2.30. The summed E-state index contributed by atoms with van der Waals surface area (Å²) in [5, 5.41) is 5.97. The summed E-state index contributed by atoms with van der Waals surface area (Å²) >= 11 is 0. The van der Waals surface area contributed by atoms with Gasteiger partial charge in [0.2, 0.25) is 0 Å². The lowest BCUT2D eigenvalue weighted by Crippen LogP contribution is -2.40. The fourth-order valence-electron chi connectivity index (χ4n) is 3.48. The van der Waals surface area contributed by atoms with Crippen LogP contribution in [0.3, 0.4) is 0 Å². The predicted molar refractivity (Wildman–Crippen MR) is 92.8 cm³/mol. The maximum absolute atomic E-state index is 13.1. The highest BCUT2D eigenvalue weighted by atomic mass is 19.1. The second kappa shape index (κ2) is 7.07. The number of nitrogens with one attached hydrogen (secondary N) is 2. The van der Waals surface area contributed by atoms with Crippen LogP contribution in [0.1, 0.15) is 42.6 Å². The normalized spacial score (nSPS) is 14.8. The summed E-state index contributed by atoms with van der Waals surface area (Å²) in [7, 11) is 0. The van der Waals surface area contributed by atoms with Crippen LogP contribution in [0, 0.1) is 19.7 Å². The van der Waals surface area contributed by atoms with Crippen molar-refractivity contribution in [1.82, 2.24) is 15.2 Å². The van der Waals surface area contributed by atoms with Crippen LogP contribution in [0.5, 0.6) is 0 Å². The molecule has 0 saturated heterocycles. The lowest BCUT2D eigenvalue weighted by atomic mass is 10.2. The van der Waals surface area contributed by atoms with Crippen molar-refractivity contribution in [2.45, 2.75) is 52.1 Å². The molecule has 3 rings (SSSR count). The van der Waals surface area contributed by atoms with Gasteiger partial charge in [0.05, 0.1) is 0 Å². The van der Waals surface area contributed by atoms with Crippen LogP contribution in [0.2, 0.25) is 0 Å². The van der Waals surface area contributed by atoms with Gasteiger partial charge in [-0.25, -0.2) is 9.18 Å². The van der Waals surface area contributed by atoms with Crippen LogP contribution in [0.15, 0.2) is 30.3 Å². The maximum atomic E-state index is 13.1. The van der Waals surface area contributed by atoms with Crippen molar-refractivity contribution < 1.29 is 9.18 Å². The topological polar surface area (TPSA) is 46.1 Å². The van der Waals surface area contributed by atoms with E-state index < -0.39 is 0 Å². The molecule has 2 amide bonds. The molecule has 1 saturated carbocycles. The zero-order chi connectivity index (χ0) is 17.1. The molecule has 5 heteroatoms. The van der Waals surface area contributed by atoms with E-state index in [0.29, 0.717) is 12.6 Å². The SMILES string of the molecule is Cc1cc(CNC(=O)NC2CCCC2)c(C)n1-c1ccc(F)cc1. The smallest absolute Gasteiger partial charge is 0.315 e. The van der Waals surface area contributed by atoms with Crippen molar-refractivity contribution >= 4 is 6.03 Å². The Kier molecular flexibility index (Phi) is 4.88. The molecule has 4 nitrogen and oxygen atoms in total. The summed E-state index contributed by atoms with van der Waals surface area (Å²) in [4.78, 5) is 12.0. The summed E-state index contributed by atoms with van der Waals surface area (Å²) in [6.45, 7) is 4.51. The number of benzene rings is 1. The number of hydrogen-bond donors (Lipinski definition) is 2. The number of carbonyl (C=O) groups is 1. The molecule has 0 bridgehead atoms. The van der Waals surface area contributed by atoms with Crippen molar-refractivity contribution in [3.05, 3.63) is 53.1 Å². The van der Waals surface area contributed by atoms with Gasteiger partial charge in [0.25, 0.3) is 0 Å². The first-order chi connectivity index (χ1) is 11.5. The van der Waals surface area contributed by atoms with Gasteiger partial charge in [-0.3, -0.25) is 0 Å². The Bertz CT molecular complexity index is 715. The molecular formula is C19H24FN3O. The van der Waals surface area contributed by atoms with E-state index in [1.54, 1.807) is 12.1 Å². The molecule has 2 aromatic rings. The second-order valence-electron chi connectivity index (χ2n) is 6.52. The summed E-state index contributed by atoms with van der Waals surface area (Å²) in [6.07, 6.45) is 4.55. The van der Waals surface area contributed by atoms with E-state index in [1.165, 1.54) is 25.0 Å². The number of urea groups is 1. The number of hydrogen-bond acceptors (Lipinski definition) is 1. The van der Waals surface area contributed by atoms with Crippen LogP contribution in [0.25, 0.3) is 5.69 Å². The third-order valence-corrected chi connectivity index (χ3v) is 4.75. The number of carbonyl (C=O) groups excluding carboxylic acids is 1. The molecule has 0 unspecified atom stereocenters. The van der Waals surface area contributed by atoms with Crippen LogP contribution in [0.4, 0.5) is 9.18 Å². The number of nitrogens with zero attached hydrogens (tertiary/aromatic N) is 1. The van der Waals surface area contributed by atoms with Gasteiger partial charge in [-0.05, 0) is 62.6 Å². The van der Waals surface area contributed by atoms with Gasteiger partial charge in [-0.15, -0.1) is 0 Å². The highest BCUT2D eigenvalue weighted by molar-refractivity contribution is 5.74. The van der Waals surface area contributed by atoms with Gasteiger partial charge in [0, 0.05) is 29.7 Å². The number of amides is 2. The summed E-state index contributed by atoms with van der Waals surface area (Å²) in [6, 6.07) is 8.72. The van der Waals surface area contributed by atoms with Crippen LogP contribution in [-0.2, 0) is 6.54 Å². The summed E-state index contributed by atoms with van der Waals surface area (Å²) < 4.78 is 15.2. The predicted octanol–water partition coefficient (Wildman–Crippen LogP) is 3.98. The van der Waals surface area contributed by atoms with Gasteiger partial charge < -0.3 is 15.2 Å². The van der Waals surface area contributed by atoms with E-state index >= 15 is 0 Å². The molecule has 2 N–H and O–H groups in total. The Morgan fingerprint density at radius 3 is 2.54 bits per heavy atom. The maximum Gasteiger partial charge on any atom is 0.315 e. The first-order valence-electron chi connectivity index (χ1n) is 8.52. The number of aromatic nitrogens is 1. The Morgan fingerprint density at radius 1 is 1.21 bits per heavy atom. The van der Waals surface area contributed by atoms with E-state index in [0.717, 1.165) is 35.5 Å². The minimum Gasteiger partial charge on any atom is -0.335 e. The van der Waals surface area contributed by atoms with Gasteiger partial charge in [0.1, 0.15) is 5.82 Å². The van der Waals surface area contributed by atoms with Gasteiger partial charge in [0.15, 0.2) is 0 Å². The lowest BCUT2D eigenvalue weighted by molar-refractivity contribution is 0.236. The lowest BCUT2D eigenvalue weighted by Gasteiger charge is -2.13. The van der Waals surface area contributed by atoms with Crippen LogP contribution >= 0.6 is 0 Å². The van der Waals surface area contributed by atoms with E-state index in [-0.39, 0.29) is 11.8 Å². The standard InChI is InChI=1S/C19H24FN3O/c1-13-11-15(12-21-19(24)22-17-5-3-4-6-17)14(2)23(13)18-9-7-16(20)8-10-18/h7-11,17H,3-6,12H2,1-2H3,(H2,21,22,24). The molecule has 1 aliphatic rings. The Morgan fingerprint density at radius 2 is 1.88 bits per heavy atom. The molecule has 0 spiro atoms. The fourth-order valence-corrected chi connectivity index (χ4v) is 3.48. The van der Waals surface area contributed by atoms with Crippen molar-refractivity contribution in [3.63, 3.8) is 0 Å². The first kappa shape index (κ1) is 16.6. The first-order valence-corrected chi connectivity index (χ1v) is 8.52. The van der Waals surface area contributed by atoms with Crippen molar-refractivity contribution in [2.24, 2.45) is 0 Å². The second-order valence-corrected chi connectivity index (χ2v) is 6.52. The van der Waals surface area contributed by atoms with Gasteiger partial charge in [-0.2, -0.15) is 0 Å². The van der Waals surface area contributed by atoms with Crippen molar-refractivity contribution in [3.8, 4) is 5.69 Å². The third kappa shape index (κ3) is 3.61. The van der Waals surface area contributed by atoms with E-state index in [4.69, 9.17) is 0 Å². The average Bonchev–Trinajstić information content (AvgIpc) is 3.15. The summed E-state index contributed by atoms with van der Waals surface area (Å²) in [5.74, 6) is -0.244. The fraction of sp³-hybridized carbons (Fsp3) is 0.421. The Balaban J connectivity index is 1.67. The average molecular weight is 329 g/mol. The molecule has 24 heavy (non-hydrogen) atoms. The molecule has 1 fully saturated rings. The van der Waals surface area contributed by atoms with Gasteiger partial charge in [-0.1, -0.05) is 12.8 Å². The minimum absolute atomic E-state index is 0.103. The monoisotopic (exact) mass is 329 g/mol. The molecule has 1 aromatic heterocycles. The van der Waals surface area contributed by atoms with Gasteiger partial charge >= 0.3 is 6.03 Å². The zero-order valence-electron chi connectivity index (χ0n) is 14.2. The molecule has 0 aliphatic heterocycles. The van der Waals surface area contributed by atoms with E-state index in [2.05, 4.69) is 21.3 Å². The van der Waals surface area contributed by atoms with Crippen molar-refractivity contribution in [1.29, 1.82) is 0 Å². The minimum atomic E-state index is -0.244. The quantitative estimate of drug-likeness (QED) is 0.876. The zero-order valence-corrected chi connectivity index (χ0v) is 14.2. The molecule has 0 radical (unpaired) electrons. The summed E-state index contributed by atoms with van der Waals surface area (Å²) in [5.41, 5.74) is 4.11. The molecule has 0 atom stereocenters. The van der Waals surface area contributed by atoms with Crippen LogP contribution < -0.4 is 10.6 Å². The number of rotatable bonds is 4. The molecule has 1 heterocycles. The largest absolute Gasteiger partial charge is 0.335 e. The third-order valence-electron chi connectivity index (χ3n) is 4.75.